The minimum Gasteiger partial charge on any atom is -0.495 e. The highest BCUT2D eigenvalue weighted by atomic mass is 16.5. The van der Waals surface area contributed by atoms with E-state index in [4.69, 9.17) is 10.5 Å². The average molecular weight is 313 g/mol. The zero-order valence-electron chi connectivity index (χ0n) is 13.6. The van der Waals surface area contributed by atoms with Gasteiger partial charge in [-0.3, -0.25) is 0 Å². The van der Waals surface area contributed by atoms with Crippen LogP contribution in [-0.4, -0.2) is 23.1 Å². The van der Waals surface area contributed by atoms with Crippen LogP contribution in [-0.2, 0) is 0 Å². The first-order valence-corrected chi connectivity index (χ1v) is 7.96. The molecule has 2 aromatic rings. The molecule has 0 aliphatic heterocycles. The number of nitrogens with two attached hydrogens (primary N) is 1. The van der Waals surface area contributed by atoms with Gasteiger partial charge in [0.2, 0.25) is 0 Å². The Hall–Kier alpha value is -2.50. The molecule has 1 aliphatic rings. The molecule has 6 nitrogen and oxygen atoms in total. The number of nitrogens with zero attached hydrogens (tertiary/aromatic N) is 2. The third-order valence-corrected chi connectivity index (χ3v) is 4.19. The van der Waals surface area contributed by atoms with E-state index in [-0.39, 0.29) is 0 Å². The van der Waals surface area contributed by atoms with Gasteiger partial charge in [0, 0.05) is 6.04 Å². The number of hydrogen-bond donors (Lipinski definition) is 3. The van der Waals surface area contributed by atoms with Gasteiger partial charge in [-0.25, -0.2) is 9.97 Å². The van der Waals surface area contributed by atoms with E-state index in [9.17, 15) is 0 Å². The maximum atomic E-state index is 6.25. The van der Waals surface area contributed by atoms with Crippen LogP contribution >= 0.6 is 0 Å². The topological polar surface area (TPSA) is 85.1 Å². The average Bonchev–Trinajstić information content (AvgIpc) is 3.04. The Kier molecular flexibility index (Phi) is 4.50. The smallest absolute Gasteiger partial charge is 0.159 e. The Morgan fingerprint density at radius 3 is 2.65 bits per heavy atom. The van der Waals surface area contributed by atoms with Crippen LogP contribution in [0.5, 0.6) is 5.75 Å². The first-order valence-electron chi connectivity index (χ1n) is 7.96. The summed E-state index contributed by atoms with van der Waals surface area (Å²) in [6.45, 7) is 2.03. The molecule has 1 aromatic carbocycles. The van der Waals surface area contributed by atoms with E-state index in [0.29, 0.717) is 23.4 Å². The van der Waals surface area contributed by atoms with Gasteiger partial charge >= 0.3 is 0 Å². The maximum Gasteiger partial charge on any atom is 0.159 e. The van der Waals surface area contributed by atoms with Crippen LogP contribution in [0.4, 0.5) is 23.0 Å². The highest BCUT2D eigenvalue weighted by Gasteiger charge is 2.18. The normalized spacial score (nSPS) is 14.7. The van der Waals surface area contributed by atoms with Gasteiger partial charge < -0.3 is 21.1 Å². The molecule has 6 heteroatoms. The van der Waals surface area contributed by atoms with Crippen molar-refractivity contribution >= 4 is 23.0 Å². The van der Waals surface area contributed by atoms with Gasteiger partial charge in [0.25, 0.3) is 0 Å². The van der Waals surface area contributed by atoms with Gasteiger partial charge in [0.15, 0.2) is 11.6 Å². The van der Waals surface area contributed by atoms with E-state index in [2.05, 4.69) is 20.6 Å². The third kappa shape index (κ3) is 3.47. The number of hydrogen-bond acceptors (Lipinski definition) is 6. The van der Waals surface area contributed by atoms with Crippen molar-refractivity contribution in [2.24, 2.45) is 0 Å². The van der Waals surface area contributed by atoms with E-state index >= 15 is 0 Å². The molecule has 1 fully saturated rings. The van der Waals surface area contributed by atoms with E-state index < -0.39 is 0 Å². The van der Waals surface area contributed by atoms with Gasteiger partial charge in [-0.05, 0) is 37.5 Å². The van der Waals surface area contributed by atoms with Gasteiger partial charge in [-0.1, -0.05) is 18.9 Å². The fourth-order valence-corrected chi connectivity index (χ4v) is 2.92. The maximum absolute atomic E-state index is 6.25. The SMILES string of the molecule is COc1ccc(C)cc1Nc1ncnc(NC2CCCC2)c1N. The molecule has 4 N–H and O–H groups in total. The lowest BCUT2D eigenvalue weighted by molar-refractivity contribution is 0.416. The van der Waals surface area contributed by atoms with Crippen LogP contribution in [0.3, 0.4) is 0 Å². The largest absolute Gasteiger partial charge is 0.495 e. The summed E-state index contributed by atoms with van der Waals surface area (Å²) in [5.41, 5.74) is 8.75. The van der Waals surface area contributed by atoms with Gasteiger partial charge in [-0.15, -0.1) is 0 Å². The van der Waals surface area contributed by atoms with Gasteiger partial charge in [0.05, 0.1) is 12.8 Å². The molecular formula is C17H23N5O. The summed E-state index contributed by atoms with van der Waals surface area (Å²) in [7, 11) is 1.65. The van der Waals surface area contributed by atoms with Gasteiger partial charge in [0.1, 0.15) is 17.8 Å². The molecule has 3 rings (SSSR count). The molecule has 0 bridgehead atoms. The Morgan fingerprint density at radius 2 is 1.91 bits per heavy atom. The Bertz CT molecular complexity index is 683. The number of methoxy groups -OCH3 is 1. The van der Waals surface area contributed by atoms with Crippen molar-refractivity contribution in [3.63, 3.8) is 0 Å². The van der Waals surface area contributed by atoms with Crippen LogP contribution in [0.25, 0.3) is 0 Å². The molecular weight excluding hydrogens is 290 g/mol. The van der Waals surface area contributed by atoms with Crippen molar-refractivity contribution < 1.29 is 4.74 Å². The molecule has 1 aliphatic carbocycles. The lowest BCUT2D eigenvalue weighted by Crippen LogP contribution is -2.17. The predicted octanol–water partition coefficient (Wildman–Crippen LogP) is 3.47. The van der Waals surface area contributed by atoms with Crippen molar-refractivity contribution in [2.75, 3.05) is 23.5 Å². The summed E-state index contributed by atoms with van der Waals surface area (Å²) >= 11 is 0. The molecule has 1 heterocycles. The summed E-state index contributed by atoms with van der Waals surface area (Å²) in [6, 6.07) is 6.38. The van der Waals surface area contributed by atoms with Crippen LogP contribution in [0.1, 0.15) is 31.2 Å². The summed E-state index contributed by atoms with van der Waals surface area (Å²) in [4.78, 5) is 8.56. The number of benzene rings is 1. The highest BCUT2D eigenvalue weighted by Crippen LogP contribution is 2.32. The molecule has 23 heavy (non-hydrogen) atoms. The molecule has 0 radical (unpaired) electrons. The number of aromatic nitrogens is 2. The fourth-order valence-electron chi connectivity index (χ4n) is 2.92. The lowest BCUT2D eigenvalue weighted by atomic mass is 10.2. The number of ether oxygens (including phenoxy) is 1. The quantitative estimate of drug-likeness (QED) is 0.783. The van der Waals surface area contributed by atoms with Crippen molar-refractivity contribution in [1.82, 2.24) is 9.97 Å². The Morgan fingerprint density at radius 1 is 1.17 bits per heavy atom. The zero-order valence-corrected chi connectivity index (χ0v) is 13.6. The number of nitrogens with one attached hydrogen (secondary N) is 2. The van der Waals surface area contributed by atoms with E-state index in [0.717, 1.165) is 29.8 Å². The summed E-state index contributed by atoms with van der Waals surface area (Å²) in [5, 5.41) is 6.68. The van der Waals surface area contributed by atoms with Crippen molar-refractivity contribution in [3.05, 3.63) is 30.1 Å². The monoisotopic (exact) mass is 313 g/mol. The lowest BCUT2D eigenvalue weighted by Gasteiger charge is -2.17. The Labute approximate surface area is 136 Å². The van der Waals surface area contributed by atoms with Gasteiger partial charge in [-0.2, -0.15) is 0 Å². The van der Waals surface area contributed by atoms with E-state index in [1.165, 1.54) is 19.2 Å². The van der Waals surface area contributed by atoms with Crippen molar-refractivity contribution in [2.45, 2.75) is 38.6 Å². The van der Waals surface area contributed by atoms with Crippen LogP contribution < -0.4 is 21.1 Å². The molecule has 0 spiro atoms. The Balaban J connectivity index is 1.84. The molecule has 1 aromatic heterocycles. The number of rotatable bonds is 5. The number of anilines is 4. The first-order chi connectivity index (χ1) is 11.2. The second kappa shape index (κ2) is 6.73. The summed E-state index contributed by atoms with van der Waals surface area (Å²) in [6.07, 6.45) is 6.37. The molecule has 1 saturated carbocycles. The summed E-state index contributed by atoms with van der Waals surface area (Å²) < 4.78 is 5.39. The zero-order chi connectivity index (χ0) is 16.2. The fraction of sp³-hybridized carbons (Fsp3) is 0.412. The first kappa shape index (κ1) is 15.4. The number of nitrogen functional groups attached to an aromatic ring is 1. The predicted molar refractivity (Wildman–Crippen MR) is 93.3 cm³/mol. The second-order valence-corrected chi connectivity index (χ2v) is 5.94. The van der Waals surface area contributed by atoms with E-state index in [1.807, 2.05) is 25.1 Å². The van der Waals surface area contributed by atoms with Crippen LogP contribution in [0.2, 0.25) is 0 Å². The van der Waals surface area contributed by atoms with Crippen molar-refractivity contribution in [3.8, 4) is 5.75 Å². The minimum atomic E-state index is 0.452. The second-order valence-electron chi connectivity index (χ2n) is 5.94. The molecule has 0 atom stereocenters. The standard InChI is InChI=1S/C17H23N5O/c1-11-7-8-14(23-2)13(9-11)22-17-15(18)16(19-10-20-17)21-12-5-3-4-6-12/h7-10,12H,3-6,18H2,1-2H3,(H2,19,20,21,22). The molecule has 0 amide bonds. The van der Waals surface area contributed by atoms with Crippen LogP contribution in [0.15, 0.2) is 24.5 Å². The third-order valence-electron chi connectivity index (χ3n) is 4.19. The summed E-state index contributed by atoms with van der Waals surface area (Å²) in [5.74, 6) is 2.03. The molecule has 0 saturated heterocycles. The van der Waals surface area contributed by atoms with Crippen molar-refractivity contribution in [1.29, 1.82) is 0 Å². The molecule has 122 valence electrons. The number of aryl methyl sites for hydroxylation is 1. The molecule has 0 unspecified atom stereocenters. The van der Waals surface area contributed by atoms with Crippen LogP contribution in [0, 0.1) is 6.92 Å². The van der Waals surface area contributed by atoms with E-state index in [1.54, 1.807) is 7.11 Å². The highest BCUT2D eigenvalue weighted by molar-refractivity contribution is 5.79. The minimum absolute atomic E-state index is 0.452.